The lowest BCUT2D eigenvalue weighted by Gasteiger charge is -2.09. The van der Waals surface area contributed by atoms with Crippen LogP contribution in [0.3, 0.4) is 0 Å². The van der Waals surface area contributed by atoms with Gasteiger partial charge in [-0.2, -0.15) is 5.10 Å². The van der Waals surface area contributed by atoms with Gasteiger partial charge in [-0.25, -0.2) is 4.52 Å². The maximum atomic E-state index is 6.24. The summed E-state index contributed by atoms with van der Waals surface area (Å²) in [6.07, 6.45) is 3.76. The van der Waals surface area contributed by atoms with E-state index >= 15 is 0 Å². The number of aromatic nitrogens is 3. The number of fused-ring (bicyclic) bond motifs is 10. The summed E-state index contributed by atoms with van der Waals surface area (Å²) in [5.74, 6) is 0. The summed E-state index contributed by atoms with van der Waals surface area (Å²) >= 11 is 0. The summed E-state index contributed by atoms with van der Waals surface area (Å²) in [6.45, 7) is 2.11. The Balaban J connectivity index is 2.01. The summed E-state index contributed by atoms with van der Waals surface area (Å²) in [6, 6.07) is 16.4. The third-order valence-corrected chi connectivity index (χ3v) is 5.02. The lowest BCUT2D eigenvalue weighted by atomic mass is 10.0. The second kappa shape index (κ2) is 4.36. The lowest BCUT2D eigenvalue weighted by Crippen LogP contribution is -1.96. The van der Waals surface area contributed by atoms with Gasteiger partial charge in [0, 0.05) is 22.4 Å². The topological polar surface area (TPSA) is 43.3 Å². The average molecular weight is 323 g/mol. The number of furan rings is 1. The first-order chi connectivity index (χ1) is 12.3. The molecule has 0 aliphatic heterocycles. The molecule has 0 fully saturated rings. The van der Waals surface area contributed by atoms with Gasteiger partial charge < -0.3 is 4.42 Å². The van der Waals surface area contributed by atoms with E-state index in [1.807, 2.05) is 41.2 Å². The summed E-state index contributed by atoms with van der Waals surface area (Å²) in [5, 5.41) is 8.81. The fraction of sp³-hybridized carbons (Fsp3) is 0.0476. The Hall–Kier alpha value is -3.40. The summed E-state index contributed by atoms with van der Waals surface area (Å²) in [7, 11) is 0. The van der Waals surface area contributed by atoms with Crippen molar-refractivity contribution in [1.82, 2.24) is 14.6 Å². The molecule has 4 aromatic heterocycles. The molecule has 6 aromatic rings. The lowest BCUT2D eigenvalue weighted by molar-refractivity contribution is 0.672. The molecule has 0 unspecified atom stereocenters. The van der Waals surface area contributed by atoms with Crippen molar-refractivity contribution in [3.05, 3.63) is 66.5 Å². The molecular formula is C21H13N3O. The van der Waals surface area contributed by atoms with Gasteiger partial charge in [0.05, 0.1) is 28.1 Å². The maximum Gasteiger partial charge on any atom is 0.148 e. The fourth-order valence-electron chi connectivity index (χ4n) is 3.92. The van der Waals surface area contributed by atoms with Crippen LogP contribution in [0.15, 0.2) is 65.3 Å². The molecule has 0 aliphatic rings. The van der Waals surface area contributed by atoms with Crippen molar-refractivity contribution < 1.29 is 4.42 Å². The Bertz CT molecular complexity index is 1460. The highest BCUT2D eigenvalue weighted by Gasteiger charge is 2.17. The van der Waals surface area contributed by atoms with Crippen molar-refractivity contribution in [3.8, 4) is 0 Å². The minimum Gasteiger partial charge on any atom is -0.455 e. The third-order valence-electron chi connectivity index (χ3n) is 5.02. The zero-order valence-corrected chi connectivity index (χ0v) is 13.5. The second-order valence-corrected chi connectivity index (χ2v) is 6.42. The first kappa shape index (κ1) is 13.0. The number of rotatable bonds is 0. The van der Waals surface area contributed by atoms with E-state index in [1.54, 1.807) is 0 Å². The van der Waals surface area contributed by atoms with Crippen LogP contribution in [0.1, 0.15) is 5.56 Å². The van der Waals surface area contributed by atoms with E-state index < -0.39 is 0 Å². The van der Waals surface area contributed by atoms with Gasteiger partial charge in [-0.05, 0) is 24.6 Å². The van der Waals surface area contributed by atoms with E-state index in [4.69, 9.17) is 9.40 Å². The van der Waals surface area contributed by atoms with Gasteiger partial charge in [0.15, 0.2) is 0 Å². The first-order valence-corrected chi connectivity index (χ1v) is 8.28. The minimum atomic E-state index is 0.875. The number of benzene rings is 2. The van der Waals surface area contributed by atoms with Crippen LogP contribution in [0.25, 0.3) is 49.3 Å². The van der Waals surface area contributed by atoms with Crippen LogP contribution < -0.4 is 0 Å². The molecule has 118 valence electrons. The standard InChI is InChI=1S/C21H13N3O/c1-12-5-4-7-14-19-18(16-9-10-23-24(16)20(12)14)21-15(11-22-19)13-6-2-3-8-17(13)25-21/h2-11H,1H3. The van der Waals surface area contributed by atoms with Crippen LogP contribution in [-0.2, 0) is 0 Å². The molecule has 4 heteroatoms. The number of nitrogens with zero attached hydrogens (tertiary/aromatic N) is 3. The van der Waals surface area contributed by atoms with Crippen LogP contribution in [0.4, 0.5) is 0 Å². The molecule has 0 bridgehead atoms. The Morgan fingerprint density at radius 3 is 2.76 bits per heavy atom. The SMILES string of the molecule is Cc1cccc2c3ncc4c5ccccc5oc4c3c3ccnn3c12. The molecule has 0 aliphatic carbocycles. The molecule has 4 nitrogen and oxygen atoms in total. The molecule has 0 saturated carbocycles. The van der Waals surface area contributed by atoms with Crippen LogP contribution >= 0.6 is 0 Å². The first-order valence-electron chi connectivity index (χ1n) is 8.28. The van der Waals surface area contributed by atoms with Gasteiger partial charge in [0.25, 0.3) is 0 Å². The van der Waals surface area contributed by atoms with Gasteiger partial charge in [-0.3, -0.25) is 4.98 Å². The largest absolute Gasteiger partial charge is 0.455 e. The van der Waals surface area contributed by atoms with Gasteiger partial charge >= 0.3 is 0 Å². The molecule has 6 rings (SSSR count). The summed E-state index contributed by atoms with van der Waals surface area (Å²) < 4.78 is 8.24. The van der Waals surface area contributed by atoms with E-state index in [9.17, 15) is 0 Å². The number of aryl methyl sites for hydroxylation is 1. The quantitative estimate of drug-likeness (QED) is 0.359. The van der Waals surface area contributed by atoms with Crippen LogP contribution in [0.2, 0.25) is 0 Å². The molecule has 4 heterocycles. The highest BCUT2D eigenvalue weighted by molar-refractivity contribution is 6.23. The number of hydrogen-bond donors (Lipinski definition) is 0. The molecule has 0 spiro atoms. The zero-order valence-electron chi connectivity index (χ0n) is 13.5. The van der Waals surface area contributed by atoms with Crippen LogP contribution in [0.5, 0.6) is 0 Å². The molecular weight excluding hydrogens is 310 g/mol. The number of para-hydroxylation sites is 2. The van der Waals surface area contributed by atoms with Gasteiger partial charge in [0.2, 0.25) is 0 Å². The van der Waals surface area contributed by atoms with Crippen molar-refractivity contribution in [2.45, 2.75) is 6.92 Å². The molecule has 0 N–H and O–H groups in total. The van der Waals surface area contributed by atoms with Crippen molar-refractivity contribution in [2.24, 2.45) is 0 Å². The third kappa shape index (κ3) is 1.51. The van der Waals surface area contributed by atoms with E-state index in [1.165, 1.54) is 5.56 Å². The van der Waals surface area contributed by atoms with Crippen molar-refractivity contribution in [3.63, 3.8) is 0 Å². The predicted molar refractivity (Wildman–Crippen MR) is 100 cm³/mol. The highest BCUT2D eigenvalue weighted by atomic mass is 16.3. The smallest absolute Gasteiger partial charge is 0.148 e. The normalized spacial score (nSPS) is 12.2. The number of pyridine rings is 2. The van der Waals surface area contributed by atoms with Crippen molar-refractivity contribution >= 4 is 49.3 Å². The second-order valence-electron chi connectivity index (χ2n) is 6.42. The van der Waals surface area contributed by atoms with E-state index in [-0.39, 0.29) is 0 Å². The maximum absolute atomic E-state index is 6.24. The molecule has 0 amide bonds. The van der Waals surface area contributed by atoms with Crippen molar-refractivity contribution in [1.29, 1.82) is 0 Å². The zero-order chi connectivity index (χ0) is 16.5. The van der Waals surface area contributed by atoms with Gasteiger partial charge in [0.1, 0.15) is 11.2 Å². The Morgan fingerprint density at radius 2 is 1.80 bits per heavy atom. The summed E-state index contributed by atoms with van der Waals surface area (Å²) in [5.41, 5.74) is 6.01. The minimum absolute atomic E-state index is 0.875. The molecule has 25 heavy (non-hydrogen) atoms. The molecule has 0 radical (unpaired) electrons. The van der Waals surface area contributed by atoms with E-state index in [0.717, 1.165) is 49.3 Å². The highest BCUT2D eigenvalue weighted by Crippen LogP contribution is 2.37. The number of hydrogen-bond acceptors (Lipinski definition) is 3. The van der Waals surface area contributed by atoms with Gasteiger partial charge in [-0.15, -0.1) is 0 Å². The molecule has 0 saturated heterocycles. The molecule has 0 atom stereocenters. The predicted octanol–water partition coefficient (Wildman–Crippen LogP) is 5.24. The Morgan fingerprint density at radius 1 is 0.920 bits per heavy atom. The average Bonchev–Trinajstić information content (AvgIpc) is 3.26. The van der Waals surface area contributed by atoms with Crippen LogP contribution in [-0.4, -0.2) is 14.6 Å². The van der Waals surface area contributed by atoms with Crippen LogP contribution in [0, 0.1) is 6.92 Å². The van der Waals surface area contributed by atoms with E-state index in [2.05, 4.69) is 36.3 Å². The van der Waals surface area contributed by atoms with E-state index in [0.29, 0.717) is 0 Å². The summed E-state index contributed by atoms with van der Waals surface area (Å²) in [4.78, 5) is 4.83. The Labute approximate surface area is 142 Å². The Kier molecular flexibility index (Phi) is 2.26. The van der Waals surface area contributed by atoms with Crippen molar-refractivity contribution in [2.75, 3.05) is 0 Å². The monoisotopic (exact) mass is 323 g/mol. The fourth-order valence-corrected chi connectivity index (χ4v) is 3.92. The van der Waals surface area contributed by atoms with Gasteiger partial charge in [-0.1, -0.05) is 36.4 Å². The molecule has 2 aromatic carbocycles.